The average Bonchev–Trinajstić information content (AvgIpc) is 2.51. The second-order valence-corrected chi connectivity index (χ2v) is 5.43. The van der Waals surface area contributed by atoms with Crippen LogP contribution in [0.5, 0.6) is 11.5 Å². The third kappa shape index (κ3) is 4.48. The van der Waals surface area contributed by atoms with Gasteiger partial charge in [0.15, 0.2) is 11.5 Å². The van der Waals surface area contributed by atoms with Crippen LogP contribution in [-0.2, 0) is 13.0 Å². The molecular formula is C17H19BrO3. The largest absolute Gasteiger partial charge is 0.490 e. The Morgan fingerprint density at radius 1 is 1.05 bits per heavy atom. The van der Waals surface area contributed by atoms with Crippen LogP contribution in [0.15, 0.2) is 46.9 Å². The zero-order valence-corrected chi connectivity index (χ0v) is 13.6. The van der Waals surface area contributed by atoms with Gasteiger partial charge in [-0.3, -0.25) is 0 Å². The van der Waals surface area contributed by atoms with E-state index in [1.807, 2.05) is 37.3 Å². The molecule has 0 aliphatic carbocycles. The quantitative estimate of drug-likeness (QED) is 0.821. The van der Waals surface area contributed by atoms with Gasteiger partial charge >= 0.3 is 0 Å². The fraction of sp³-hybridized carbons (Fsp3) is 0.294. The van der Waals surface area contributed by atoms with Gasteiger partial charge in [-0.1, -0.05) is 30.3 Å². The standard InChI is InChI=1S/C17H19BrO3/c1-2-20-16-11-14(12-19)10-15(18)17(16)21-9-8-13-6-4-3-5-7-13/h3-7,10-11,19H,2,8-9,12H2,1H3. The molecule has 0 aromatic heterocycles. The number of aliphatic hydroxyl groups excluding tert-OH is 1. The van der Waals surface area contributed by atoms with Crippen molar-refractivity contribution < 1.29 is 14.6 Å². The third-order valence-corrected chi connectivity index (χ3v) is 3.62. The minimum atomic E-state index is -0.0248. The number of halogens is 1. The Kier molecular flexibility index (Phi) is 6.08. The second kappa shape index (κ2) is 8.05. The molecule has 4 heteroatoms. The Bertz CT molecular complexity index is 570. The monoisotopic (exact) mass is 350 g/mol. The molecule has 0 atom stereocenters. The van der Waals surface area contributed by atoms with Crippen molar-refractivity contribution in [3.8, 4) is 11.5 Å². The molecule has 1 N–H and O–H groups in total. The van der Waals surface area contributed by atoms with Crippen molar-refractivity contribution in [1.29, 1.82) is 0 Å². The highest BCUT2D eigenvalue weighted by atomic mass is 79.9. The number of hydrogen-bond acceptors (Lipinski definition) is 3. The van der Waals surface area contributed by atoms with E-state index in [1.165, 1.54) is 5.56 Å². The van der Waals surface area contributed by atoms with Crippen LogP contribution in [-0.4, -0.2) is 18.3 Å². The summed E-state index contributed by atoms with van der Waals surface area (Å²) < 4.78 is 12.3. The third-order valence-electron chi connectivity index (χ3n) is 3.03. The Labute approximate surface area is 133 Å². The number of rotatable bonds is 7. The highest BCUT2D eigenvalue weighted by molar-refractivity contribution is 9.10. The summed E-state index contributed by atoms with van der Waals surface area (Å²) in [6.45, 7) is 3.02. The molecule has 0 spiro atoms. The second-order valence-electron chi connectivity index (χ2n) is 4.58. The lowest BCUT2D eigenvalue weighted by atomic mass is 10.2. The molecule has 0 saturated heterocycles. The molecule has 0 radical (unpaired) electrons. The van der Waals surface area contributed by atoms with E-state index in [1.54, 1.807) is 0 Å². The van der Waals surface area contributed by atoms with E-state index in [-0.39, 0.29) is 6.61 Å². The first kappa shape index (κ1) is 15.9. The van der Waals surface area contributed by atoms with Crippen LogP contribution >= 0.6 is 15.9 Å². The number of aliphatic hydroxyl groups is 1. The molecule has 3 nitrogen and oxygen atoms in total. The first-order valence-electron chi connectivity index (χ1n) is 6.97. The molecule has 0 heterocycles. The molecule has 2 aromatic rings. The summed E-state index contributed by atoms with van der Waals surface area (Å²) >= 11 is 3.48. The van der Waals surface area contributed by atoms with Crippen molar-refractivity contribution in [2.45, 2.75) is 20.0 Å². The van der Waals surface area contributed by atoms with E-state index in [2.05, 4.69) is 28.1 Å². The Hall–Kier alpha value is -1.52. The predicted octanol–water partition coefficient (Wildman–Crippen LogP) is 3.96. The van der Waals surface area contributed by atoms with Crippen LogP contribution in [0.25, 0.3) is 0 Å². The lowest BCUT2D eigenvalue weighted by Gasteiger charge is -2.15. The molecule has 2 rings (SSSR count). The SMILES string of the molecule is CCOc1cc(CO)cc(Br)c1OCCc1ccccc1. The zero-order valence-electron chi connectivity index (χ0n) is 12.0. The van der Waals surface area contributed by atoms with Crippen LogP contribution in [0.4, 0.5) is 0 Å². The van der Waals surface area contributed by atoms with Crippen molar-refractivity contribution >= 4 is 15.9 Å². The molecule has 0 amide bonds. The van der Waals surface area contributed by atoms with E-state index in [0.29, 0.717) is 24.7 Å². The summed E-state index contributed by atoms with van der Waals surface area (Å²) in [7, 11) is 0. The molecular weight excluding hydrogens is 332 g/mol. The zero-order chi connectivity index (χ0) is 15.1. The normalized spacial score (nSPS) is 10.4. The van der Waals surface area contributed by atoms with E-state index in [9.17, 15) is 5.11 Å². The lowest BCUT2D eigenvalue weighted by molar-refractivity contribution is 0.269. The molecule has 2 aromatic carbocycles. The van der Waals surface area contributed by atoms with Crippen molar-refractivity contribution in [3.05, 3.63) is 58.1 Å². The van der Waals surface area contributed by atoms with Gasteiger partial charge in [-0.15, -0.1) is 0 Å². The van der Waals surface area contributed by atoms with Gasteiger partial charge in [0.1, 0.15) is 0 Å². The molecule has 0 unspecified atom stereocenters. The maximum Gasteiger partial charge on any atom is 0.175 e. The van der Waals surface area contributed by atoms with Crippen LogP contribution < -0.4 is 9.47 Å². The van der Waals surface area contributed by atoms with Gasteiger partial charge in [0.25, 0.3) is 0 Å². The van der Waals surface area contributed by atoms with Crippen molar-refractivity contribution in [2.75, 3.05) is 13.2 Å². The highest BCUT2D eigenvalue weighted by Crippen LogP contribution is 2.37. The minimum absolute atomic E-state index is 0.0248. The maximum absolute atomic E-state index is 9.25. The van der Waals surface area contributed by atoms with E-state index >= 15 is 0 Å². The van der Waals surface area contributed by atoms with Crippen LogP contribution in [0, 0.1) is 0 Å². The highest BCUT2D eigenvalue weighted by Gasteiger charge is 2.12. The summed E-state index contributed by atoms with van der Waals surface area (Å²) in [5, 5.41) is 9.25. The lowest BCUT2D eigenvalue weighted by Crippen LogP contribution is -2.05. The molecule has 112 valence electrons. The Morgan fingerprint density at radius 2 is 1.81 bits per heavy atom. The first-order valence-corrected chi connectivity index (χ1v) is 7.76. The Morgan fingerprint density at radius 3 is 2.48 bits per heavy atom. The summed E-state index contributed by atoms with van der Waals surface area (Å²) in [5.74, 6) is 1.34. The molecule has 0 fully saturated rings. The van der Waals surface area contributed by atoms with Gasteiger partial charge in [-0.2, -0.15) is 0 Å². The van der Waals surface area contributed by atoms with E-state index in [4.69, 9.17) is 9.47 Å². The fourth-order valence-corrected chi connectivity index (χ4v) is 2.64. The van der Waals surface area contributed by atoms with Gasteiger partial charge in [-0.05, 0) is 46.1 Å². The van der Waals surface area contributed by atoms with Crippen LogP contribution in [0.2, 0.25) is 0 Å². The van der Waals surface area contributed by atoms with E-state index in [0.717, 1.165) is 16.5 Å². The Balaban J connectivity index is 2.07. The molecule has 0 saturated carbocycles. The predicted molar refractivity (Wildman–Crippen MR) is 86.9 cm³/mol. The maximum atomic E-state index is 9.25. The fourth-order valence-electron chi connectivity index (χ4n) is 2.03. The van der Waals surface area contributed by atoms with Crippen molar-refractivity contribution in [2.24, 2.45) is 0 Å². The molecule has 0 bridgehead atoms. The van der Waals surface area contributed by atoms with Gasteiger partial charge in [0, 0.05) is 6.42 Å². The summed E-state index contributed by atoms with van der Waals surface area (Å²) in [4.78, 5) is 0. The van der Waals surface area contributed by atoms with Crippen molar-refractivity contribution in [1.82, 2.24) is 0 Å². The summed E-state index contributed by atoms with van der Waals surface area (Å²) in [6.07, 6.45) is 0.834. The smallest absolute Gasteiger partial charge is 0.175 e. The summed E-state index contributed by atoms with van der Waals surface area (Å²) in [5.41, 5.74) is 2.03. The average molecular weight is 351 g/mol. The molecule has 0 aliphatic heterocycles. The number of hydrogen-bond donors (Lipinski definition) is 1. The number of benzene rings is 2. The van der Waals surface area contributed by atoms with Crippen molar-refractivity contribution in [3.63, 3.8) is 0 Å². The minimum Gasteiger partial charge on any atom is -0.490 e. The van der Waals surface area contributed by atoms with Crippen LogP contribution in [0.3, 0.4) is 0 Å². The molecule has 0 aliphatic rings. The number of ether oxygens (including phenoxy) is 2. The van der Waals surface area contributed by atoms with Gasteiger partial charge in [0.05, 0.1) is 24.3 Å². The van der Waals surface area contributed by atoms with Gasteiger partial charge in [0.2, 0.25) is 0 Å². The topological polar surface area (TPSA) is 38.7 Å². The van der Waals surface area contributed by atoms with Crippen LogP contribution in [0.1, 0.15) is 18.1 Å². The van der Waals surface area contributed by atoms with E-state index < -0.39 is 0 Å². The summed E-state index contributed by atoms with van der Waals surface area (Å²) in [6, 6.07) is 13.9. The van der Waals surface area contributed by atoms with Gasteiger partial charge < -0.3 is 14.6 Å². The molecule has 21 heavy (non-hydrogen) atoms. The first-order chi connectivity index (χ1) is 10.2. The van der Waals surface area contributed by atoms with Gasteiger partial charge in [-0.25, -0.2) is 0 Å².